The molecule has 0 saturated carbocycles. The predicted molar refractivity (Wildman–Crippen MR) is 119 cm³/mol. The van der Waals surface area contributed by atoms with Gasteiger partial charge in [-0.25, -0.2) is 0 Å². The predicted octanol–water partition coefficient (Wildman–Crippen LogP) is 7.61. The number of thiophene rings is 1. The van der Waals surface area contributed by atoms with E-state index in [0.29, 0.717) is 16.3 Å². The third-order valence-electron chi connectivity index (χ3n) is 4.32. The van der Waals surface area contributed by atoms with E-state index in [0.717, 1.165) is 29.3 Å². The topological polar surface area (TPSA) is 76.5 Å². The van der Waals surface area contributed by atoms with Crippen LogP contribution in [0.15, 0.2) is 75.1 Å². The second-order valence-corrected chi connectivity index (χ2v) is 7.53. The second kappa shape index (κ2) is 9.71. The summed E-state index contributed by atoms with van der Waals surface area (Å²) in [6, 6.07) is 19.3. The molecule has 0 amide bonds. The van der Waals surface area contributed by atoms with E-state index >= 15 is 0 Å². The quantitative estimate of drug-likeness (QED) is 0.381. The largest absolute Gasteiger partial charge is 0.372 e. The lowest BCUT2D eigenvalue weighted by Crippen LogP contribution is -2.21. The van der Waals surface area contributed by atoms with Gasteiger partial charge in [0.25, 0.3) is 0 Å². The van der Waals surface area contributed by atoms with Crippen LogP contribution in [0, 0.1) is 18.3 Å². The third kappa shape index (κ3) is 5.33. The standard InChI is InChI=1S/C22H22N6S/c1-4-28(5-2)21-12-10-20(11-13-21)25-24-18-6-8-19(9-7-18)26-27-22-17(15-23)14-16(3)29-22/h6-14H,4-5H2,1-3H3. The van der Waals surface area contributed by atoms with E-state index < -0.39 is 0 Å². The Morgan fingerprint density at radius 3 is 1.79 bits per heavy atom. The second-order valence-electron chi connectivity index (χ2n) is 6.29. The summed E-state index contributed by atoms with van der Waals surface area (Å²) < 4.78 is 0. The number of hydrogen-bond donors (Lipinski definition) is 0. The Bertz CT molecular complexity index is 1040. The van der Waals surface area contributed by atoms with E-state index in [1.165, 1.54) is 17.0 Å². The Hall–Kier alpha value is -3.37. The molecule has 29 heavy (non-hydrogen) atoms. The van der Waals surface area contributed by atoms with Crippen molar-refractivity contribution in [2.45, 2.75) is 20.8 Å². The zero-order valence-corrected chi connectivity index (χ0v) is 17.5. The smallest absolute Gasteiger partial charge is 0.156 e. The molecule has 0 spiro atoms. The molecule has 0 fully saturated rings. The summed E-state index contributed by atoms with van der Waals surface area (Å²) in [7, 11) is 0. The molecule has 0 N–H and O–H groups in total. The van der Waals surface area contributed by atoms with E-state index in [1.54, 1.807) is 0 Å². The summed E-state index contributed by atoms with van der Waals surface area (Å²) in [5.41, 5.74) is 3.98. The van der Waals surface area contributed by atoms with Gasteiger partial charge in [0, 0.05) is 23.7 Å². The highest BCUT2D eigenvalue weighted by atomic mass is 32.1. The summed E-state index contributed by atoms with van der Waals surface area (Å²) in [6.45, 7) is 8.19. The number of benzene rings is 2. The van der Waals surface area contributed by atoms with Crippen LogP contribution in [-0.2, 0) is 0 Å². The summed E-state index contributed by atoms with van der Waals surface area (Å²) in [4.78, 5) is 3.32. The Morgan fingerprint density at radius 2 is 1.31 bits per heavy atom. The Balaban J connectivity index is 1.66. The van der Waals surface area contributed by atoms with Crippen molar-refractivity contribution in [3.05, 3.63) is 65.0 Å². The van der Waals surface area contributed by atoms with Crippen molar-refractivity contribution in [2.75, 3.05) is 18.0 Å². The first kappa shape index (κ1) is 20.4. The molecule has 6 nitrogen and oxygen atoms in total. The van der Waals surface area contributed by atoms with Crippen LogP contribution in [0.5, 0.6) is 0 Å². The molecule has 0 aliphatic heterocycles. The lowest BCUT2D eigenvalue weighted by molar-refractivity contribution is 0.866. The van der Waals surface area contributed by atoms with Crippen LogP contribution in [-0.4, -0.2) is 13.1 Å². The van der Waals surface area contributed by atoms with Crippen LogP contribution in [0.1, 0.15) is 24.3 Å². The van der Waals surface area contributed by atoms with Gasteiger partial charge in [-0.15, -0.1) is 21.6 Å². The molecule has 146 valence electrons. The monoisotopic (exact) mass is 402 g/mol. The minimum Gasteiger partial charge on any atom is -0.372 e. The van der Waals surface area contributed by atoms with Crippen LogP contribution in [0.3, 0.4) is 0 Å². The molecule has 0 saturated heterocycles. The van der Waals surface area contributed by atoms with Crippen molar-refractivity contribution in [3.8, 4) is 6.07 Å². The third-order valence-corrected chi connectivity index (χ3v) is 5.26. The number of aryl methyl sites for hydroxylation is 1. The average Bonchev–Trinajstić information content (AvgIpc) is 3.13. The van der Waals surface area contributed by atoms with Gasteiger partial charge in [0.2, 0.25) is 0 Å². The van der Waals surface area contributed by atoms with Gasteiger partial charge in [-0.2, -0.15) is 15.5 Å². The van der Waals surface area contributed by atoms with Crippen molar-refractivity contribution in [1.29, 1.82) is 5.26 Å². The molecule has 3 rings (SSSR count). The Morgan fingerprint density at radius 1 is 0.828 bits per heavy atom. The normalized spacial score (nSPS) is 11.2. The van der Waals surface area contributed by atoms with Crippen molar-refractivity contribution >= 4 is 39.1 Å². The van der Waals surface area contributed by atoms with Crippen LogP contribution >= 0.6 is 11.3 Å². The highest BCUT2D eigenvalue weighted by Gasteiger charge is 2.05. The summed E-state index contributed by atoms with van der Waals surface area (Å²) in [5.74, 6) is 0. The fourth-order valence-electron chi connectivity index (χ4n) is 2.78. The van der Waals surface area contributed by atoms with Gasteiger partial charge in [0.15, 0.2) is 5.00 Å². The molecule has 0 radical (unpaired) electrons. The average molecular weight is 403 g/mol. The first-order chi connectivity index (χ1) is 14.1. The molecular weight excluding hydrogens is 380 g/mol. The van der Waals surface area contributed by atoms with Gasteiger partial charge in [-0.1, -0.05) is 0 Å². The van der Waals surface area contributed by atoms with Gasteiger partial charge < -0.3 is 4.90 Å². The molecule has 0 aliphatic rings. The minimum absolute atomic E-state index is 0.550. The number of nitriles is 1. The lowest BCUT2D eigenvalue weighted by Gasteiger charge is -2.20. The van der Waals surface area contributed by atoms with E-state index in [9.17, 15) is 0 Å². The maximum Gasteiger partial charge on any atom is 0.156 e. The highest BCUT2D eigenvalue weighted by Crippen LogP contribution is 2.31. The number of anilines is 1. The Kier molecular flexibility index (Phi) is 6.82. The molecule has 0 unspecified atom stereocenters. The summed E-state index contributed by atoms with van der Waals surface area (Å²) in [6.07, 6.45) is 0. The van der Waals surface area contributed by atoms with Crippen molar-refractivity contribution in [2.24, 2.45) is 20.5 Å². The number of rotatable bonds is 7. The van der Waals surface area contributed by atoms with E-state index in [2.05, 4.69) is 57.4 Å². The number of hydrogen-bond acceptors (Lipinski definition) is 7. The van der Waals surface area contributed by atoms with Crippen LogP contribution in [0.4, 0.5) is 27.8 Å². The molecule has 0 aliphatic carbocycles. The van der Waals surface area contributed by atoms with Crippen molar-refractivity contribution < 1.29 is 0 Å². The SMILES string of the molecule is CCN(CC)c1ccc(N=Nc2ccc(N=Nc3sc(C)cc3C#N)cc2)cc1. The first-order valence-electron chi connectivity index (χ1n) is 9.42. The minimum atomic E-state index is 0.550. The van der Waals surface area contributed by atoms with Gasteiger partial charge >= 0.3 is 0 Å². The molecular formula is C22H22N6S. The molecule has 7 heteroatoms. The molecule has 2 aromatic carbocycles. The molecule has 0 atom stereocenters. The van der Waals surface area contributed by atoms with Crippen LogP contribution in [0.25, 0.3) is 0 Å². The highest BCUT2D eigenvalue weighted by molar-refractivity contribution is 7.16. The summed E-state index contributed by atoms with van der Waals surface area (Å²) >= 11 is 1.45. The van der Waals surface area contributed by atoms with Gasteiger partial charge in [0.05, 0.1) is 22.6 Å². The zero-order chi connectivity index (χ0) is 20.6. The lowest BCUT2D eigenvalue weighted by atomic mass is 10.2. The number of azo groups is 2. The van der Waals surface area contributed by atoms with E-state index in [1.807, 2.05) is 49.4 Å². The van der Waals surface area contributed by atoms with Gasteiger partial charge in [-0.3, -0.25) is 0 Å². The molecule has 0 bridgehead atoms. The molecule has 3 aromatic rings. The maximum absolute atomic E-state index is 9.12. The Labute approximate surface area is 174 Å². The first-order valence-corrected chi connectivity index (χ1v) is 10.2. The fraction of sp³-hybridized carbons (Fsp3) is 0.227. The number of nitrogens with zero attached hydrogens (tertiary/aromatic N) is 6. The van der Waals surface area contributed by atoms with E-state index in [-0.39, 0.29) is 0 Å². The molecule has 1 heterocycles. The van der Waals surface area contributed by atoms with Gasteiger partial charge in [0.1, 0.15) is 6.07 Å². The van der Waals surface area contributed by atoms with Crippen molar-refractivity contribution in [3.63, 3.8) is 0 Å². The summed E-state index contributed by atoms with van der Waals surface area (Å²) in [5, 5.41) is 26.7. The van der Waals surface area contributed by atoms with E-state index in [4.69, 9.17) is 5.26 Å². The zero-order valence-electron chi connectivity index (χ0n) is 16.7. The molecule has 1 aromatic heterocycles. The maximum atomic E-state index is 9.12. The van der Waals surface area contributed by atoms with Gasteiger partial charge in [-0.05, 0) is 75.4 Å². The fourth-order valence-corrected chi connectivity index (χ4v) is 3.56. The van der Waals surface area contributed by atoms with Crippen molar-refractivity contribution in [1.82, 2.24) is 0 Å². The van der Waals surface area contributed by atoms with Crippen LogP contribution in [0.2, 0.25) is 0 Å². The van der Waals surface area contributed by atoms with Crippen LogP contribution < -0.4 is 4.90 Å².